The molecule has 0 saturated heterocycles. The minimum Gasteiger partial charge on any atom is -0.242 e. The lowest BCUT2D eigenvalue weighted by atomic mass is 10.3. The molecule has 0 atom stereocenters. The van der Waals surface area contributed by atoms with Gasteiger partial charge in [0.15, 0.2) is 0 Å². The second-order valence-corrected chi connectivity index (χ2v) is 8.64. The topological polar surface area (TPSA) is 17.8 Å². The zero-order chi connectivity index (χ0) is 10.2. The lowest BCUT2D eigenvalue weighted by molar-refractivity contribution is 0.911. The fraction of sp³-hybridized carbons (Fsp3) is 0.364. The molecule has 1 aromatic heterocycles. The maximum atomic E-state index is 4.26. The van der Waals surface area contributed by atoms with Gasteiger partial charge >= 0.3 is 0 Å². The summed E-state index contributed by atoms with van der Waals surface area (Å²) in [6.07, 6.45) is 7.30. The standard InChI is InChI=1S/C11H16N2Si/c1-4-11-8-10(9-14(11,2)3)13-7-5-6-12-13/h5-9H,4H2,1-3H3. The van der Waals surface area contributed by atoms with E-state index in [9.17, 15) is 0 Å². The number of aromatic nitrogens is 2. The van der Waals surface area contributed by atoms with Crippen molar-refractivity contribution >= 4 is 13.8 Å². The van der Waals surface area contributed by atoms with Crippen LogP contribution in [0.2, 0.25) is 13.1 Å². The van der Waals surface area contributed by atoms with E-state index in [0.29, 0.717) is 0 Å². The van der Waals surface area contributed by atoms with Gasteiger partial charge in [-0.1, -0.05) is 30.9 Å². The first-order chi connectivity index (χ1) is 6.63. The zero-order valence-electron chi connectivity index (χ0n) is 8.99. The summed E-state index contributed by atoms with van der Waals surface area (Å²) in [5, 5.41) is 5.87. The van der Waals surface area contributed by atoms with Crippen LogP contribution in [0.4, 0.5) is 0 Å². The average Bonchev–Trinajstić information content (AvgIpc) is 2.70. The maximum absolute atomic E-state index is 4.26. The Morgan fingerprint density at radius 2 is 2.21 bits per heavy atom. The lowest BCUT2D eigenvalue weighted by Crippen LogP contribution is -2.23. The van der Waals surface area contributed by atoms with E-state index in [1.165, 1.54) is 12.1 Å². The second-order valence-electron chi connectivity index (χ2n) is 4.26. The predicted octanol–water partition coefficient (Wildman–Crippen LogP) is 2.86. The molecule has 3 heteroatoms. The molecule has 0 unspecified atom stereocenters. The number of allylic oxidation sites excluding steroid dienone is 3. The highest BCUT2D eigenvalue weighted by molar-refractivity contribution is 6.90. The molecular formula is C11H16N2Si. The van der Waals surface area contributed by atoms with Gasteiger partial charge < -0.3 is 0 Å². The van der Waals surface area contributed by atoms with Crippen molar-refractivity contribution in [2.24, 2.45) is 0 Å². The minimum atomic E-state index is -1.25. The molecule has 74 valence electrons. The van der Waals surface area contributed by atoms with E-state index < -0.39 is 8.07 Å². The van der Waals surface area contributed by atoms with Crippen LogP contribution >= 0.6 is 0 Å². The molecule has 0 radical (unpaired) electrons. The Hall–Kier alpha value is -1.09. The van der Waals surface area contributed by atoms with Crippen LogP contribution in [0.15, 0.2) is 35.4 Å². The quantitative estimate of drug-likeness (QED) is 0.677. The Kier molecular flexibility index (Phi) is 2.19. The van der Waals surface area contributed by atoms with E-state index in [-0.39, 0.29) is 0 Å². The van der Waals surface area contributed by atoms with E-state index >= 15 is 0 Å². The summed E-state index contributed by atoms with van der Waals surface area (Å²) in [6.45, 7) is 7.01. The highest BCUT2D eigenvalue weighted by atomic mass is 28.3. The Morgan fingerprint density at radius 3 is 2.71 bits per heavy atom. The van der Waals surface area contributed by atoms with Gasteiger partial charge in [0.05, 0.1) is 5.70 Å². The first kappa shape index (κ1) is 9.46. The third-order valence-corrected chi connectivity index (χ3v) is 5.98. The van der Waals surface area contributed by atoms with Crippen molar-refractivity contribution in [3.8, 4) is 0 Å². The highest BCUT2D eigenvalue weighted by Crippen LogP contribution is 2.30. The molecule has 1 aliphatic rings. The molecule has 0 saturated carbocycles. The molecule has 0 spiro atoms. The van der Waals surface area contributed by atoms with Gasteiger partial charge in [0.1, 0.15) is 8.07 Å². The van der Waals surface area contributed by atoms with Crippen molar-refractivity contribution in [1.29, 1.82) is 0 Å². The van der Waals surface area contributed by atoms with Crippen molar-refractivity contribution in [2.75, 3.05) is 0 Å². The maximum Gasteiger partial charge on any atom is 0.102 e. The van der Waals surface area contributed by atoms with Crippen LogP contribution in [0.3, 0.4) is 0 Å². The highest BCUT2D eigenvalue weighted by Gasteiger charge is 2.28. The van der Waals surface area contributed by atoms with Crippen molar-refractivity contribution in [1.82, 2.24) is 9.78 Å². The fourth-order valence-electron chi connectivity index (χ4n) is 1.98. The number of nitrogens with zero attached hydrogens (tertiary/aromatic N) is 2. The molecule has 0 amide bonds. The summed E-state index contributed by atoms with van der Waals surface area (Å²) in [6, 6.07) is 1.97. The van der Waals surface area contributed by atoms with Crippen LogP contribution in [0.5, 0.6) is 0 Å². The Bertz CT molecular complexity index is 385. The van der Waals surface area contributed by atoms with Gasteiger partial charge in [-0.2, -0.15) is 5.10 Å². The fourth-order valence-corrected chi connectivity index (χ4v) is 4.55. The van der Waals surface area contributed by atoms with E-state index in [2.05, 4.69) is 36.9 Å². The van der Waals surface area contributed by atoms with Crippen molar-refractivity contribution < 1.29 is 0 Å². The molecule has 14 heavy (non-hydrogen) atoms. The van der Waals surface area contributed by atoms with Gasteiger partial charge in [-0.25, -0.2) is 4.68 Å². The van der Waals surface area contributed by atoms with Crippen LogP contribution in [0.1, 0.15) is 13.3 Å². The third-order valence-electron chi connectivity index (χ3n) is 2.81. The normalized spacial score (nSPS) is 19.4. The molecule has 1 aromatic rings. The SMILES string of the molecule is CCC1=CC(n2cccn2)=C[Si]1(C)C. The van der Waals surface area contributed by atoms with Gasteiger partial charge in [0.2, 0.25) is 0 Å². The number of hydrogen-bond donors (Lipinski definition) is 0. The van der Waals surface area contributed by atoms with E-state index in [1.54, 1.807) is 5.20 Å². The second kappa shape index (κ2) is 3.24. The molecular weight excluding hydrogens is 188 g/mol. The van der Waals surface area contributed by atoms with Gasteiger partial charge in [-0.05, 0) is 18.6 Å². The summed E-state index contributed by atoms with van der Waals surface area (Å²) < 4.78 is 1.96. The summed E-state index contributed by atoms with van der Waals surface area (Å²) in [5.74, 6) is 0. The molecule has 0 aromatic carbocycles. The average molecular weight is 204 g/mol. The summed E-state index contributed by atoms with van der Waals surface area (Å²) in [4.78, 5) is 0. The van der Waals surface area contributed by atoms with E-state index in [4.69, 9.17) is 0 Å². The van der Waals surface area contributed by atoms with Crippen LogP contribution < -0.4 is 0 Å². The van der Waals surface area contributed by atoms with Gasteiger partial charge in [-0.3, -0.25) is 0 Å². The van der Waals surface area contributed by atoms with E-state index in [1.807, 2.05) is 23.1 Å². The first-order valence-electron chi connectivity index (χ1n) is 5.07. The molecule has 0 N–H and O–H groups in total. The first-order valence-corrected chi connectivity index (χ1v) is 8.15. The molecule has 0 aliphatic carbocycles. The third kappa shape index (κ3) is 1.48. The monoisotopic (exact) mass is 204 g/mol. The number of hydrogen-bond acceptors (Lipinski definition) is 1. The molecule has 2 nitrogen and oxygen atoms in total. The van der Waals surface area contributed by atoms with Crippen molar-refractivity contribution in [2.45, 2.75) is 26.4 Å². The largest absolute Gasteiger partial charge is 0.242 e. The smallest absolute Gasteiger partial charge is 0.102 e. The zero-order valence-corrected chi connectivity index (χ0v) is 9.99. The summed E-state index contributed by atoms with van der Waals surface area (Å²) >= 11 is 0. The lowest BCUT2D eigenvalue weighted by Gasteiger charge is -2.15. The van der Waals surface area contributed by atoms with Gasteiger partial charge in [0.25, 0.3) is 0 Å². The summed E-state index contributed by atoms with van der Waals surface area (Å²) in [7, 11) is -1.25. The molecule has 1 aliphatic heterocycles. The van der Waals surface area contributed by atoms with Crippen LogP contribution in [0, 0.1) is 0 Å². The Balaban J connectivity index is 2.38. The molecule has 0 fully saturated rings. The molecule has 2 heterocycles. The molecule has 0 bridgehead atoms. The van der Waals surface area contributed by atoms with Gasteiger partial charge in [0, 0.05) is 12.4 Å². The minimum absolute atomic E-state index is 1.17. The van der Waals surface area contributed by atoms with Crippen LogP contribution in [-0.2, 0) is 0 Å². The Morgan fingerprint density at radius 1 is 1.43 bits per heavy atom. The number of rotatable bonds is 2. The van der Waals surface area contributed by atoms with E-state index in [0.717, 1.165) is 0 Å². The van der Waals surface area contributed by atoms with Crippen molar-refractivity contribution in [3.63, 3.8) is 0 Å². The summed E-state index contributed by atoms with van der Waals surface area (Å²) in [5.41, 5.74) is 3.67. The predicted molar refractivity (Wildman–Crippen MR) is 62.4 cm³/mol. The Labute approximate surface area is 86.0 Å². The molecule has 2 rings (SSSR count). The van der Waals surface area contributed by atoms with Crippen LogP contribution in [0.25, 0.3) is 5.70 Å². The van der Waals surface area contributed by atoms with Crippen molar-refractivity contribution in [3.05, 3.63) is 35.4 Å². The van der Waals surface area contributed by atoms with Crippen LogP contribution in [-0.4, -0.2) is 17.9 Å². The van der Waals surface area contributed by atoms with Gasteiger partial charge in [-0.15, -0.1) is 0 Å².